The molecule has 1 aliphatic heterocycles. The van der Waals surface area contributed by atoms with Gasteiger partial charge in [-0.15, -0.1) is 0 Å². The molecule has 0 amide bonds. The summed E-state index contributed by atoms with van der Waals surface area (Å²) in [6, 6.07) is 0. The number of nitrogens with two attached hydrogens (primary N) is 1. The van der Waals surface area contributed by atoms with Crippen molar-refractivity contribution in [3.8, 4) is 0 Å². The van der Waals surface area contributed by atoms with E-state index < -0.39 is 5.54 Å². The van der Waals surface area contributed by atoms with Gasteiger partial charge >= 0.3 is 0 Å². The minimum absolute atomic E-state index is 0.0347. The van der Waals surface area contributed by atoms with E-state index in [9.17, 15) is 0 Å². The van der Waals surface area contributed by atoms with Gasteiger partial charge in [0, 0.05) is 32.0 Å². The van der Waals surface area contributed by atoms with Crippen molar-refractivity contribution in [1.29, 1.82) is 0 Å². The molecule has 0 aromatic rings. The lowest BCUT2D eigenvalue weighted by Gasteiger charge is -2.23. The van der Waals surface area contributed by atoms with E-state index in [1.165, 1.54) is 0 Å². The summed E-state index contributed by atoms with van der Waals surface area (Å²) in [5.41, 5.74) is 5.36. The molecule has 0 bridgehead atoms. The second kappa shape index (κ2) is 7.22. The van der Waals surface area contributed by atoms with E-state index in [-0.39, 0.29) is 6.61 Å². The van der Waals surface area contributed by atoms with Crippen molar-refractivity contribution in [3.63, 3.8) is 0 Å². The molecule has 1 fully saturated rings. The molecule has 0 aromatic heterocycles. The number of aliphatic hydroxyl groups is 1. The molecule has 4 nitrogen and oxygen atoms in total. The average molecular weight is 231 g/mol. The summed E-state index contributed by atoms with van der Waals surface area (Å²) in [6.45, 7) is 5.23. The summed E-state index contributed by atoms with van der Waals surface area (Å²) in [6.07, 6.45) is 3.95. The number of rotatable bonds is 7. The Labute approximate surface area is 98.1 Å². The fraction of sp³-hybridized carbons (Fsp3) is 1.00. The normalized spacial score (nSPS) is 21.9. The van der Waals surface area contributed by atoms with Crippen molar-refractivity contribution < 1.29 is 14.6 Å². The molecule has 1 atom stereocenters. The smallest absolute Gasteiger partial charge is 0.0608 e. The highest BCUT2D eigenvalue weighted by Gasteiger charge is 2.17. The standard InChI is InChI=1S/C12H25NO3/c1-12(13,10-14)5-2-6-16-9-11-3-7-15-8-4-11/h11,14H,2-10,13H2,1H3. The van der Waals surface area contributed by atoms with Crippen molar-refractivity contribution in [3.05, 3.63) is 0 Å². The third-order valence-corrected chi connectivity index (χ3v) is 3.09. The van der Waals surface area contributed by atoms with Gasteiger partial charge in [-0.3, -0.25) is 0 Å². The molecule has 1 saturated heterocycles. The lowest BCUT2D eigenvalue weighted by molar-refractivity contribution is 0.0186. The molecule has 4 heteroatoms. The molecule has 1 heterocycles. The Balaban J connectivity index is 1.95. The van der Waals surface area contributed by atoms with Crippen molar-refractivity contribution >= 4 is 0 Å². The van der Waals surface area contributed by atoms with Gasteiger partial charge in [-0.25, -0.2) is 0 Å². The first-order chi connectivity index (χ1) is 7.64. The average Bonchev–Trinajstić information content (AvgIpc) is 2.30. The van der Waals surface area contributed by atoms with Gasteiger partial charge in [0.05, 0.1) is 6.61 Å². The Kier molecular flexibility index (Phi) is 6.28. The van der Waals surface area contributed by atoms with E-state index in [4.69, 9.17) is 20.3 Å². The minimum atomic E-state index is -0.456. The molecule has 0 aromatic carbocycles. The molecule has 1 unspecified atom stereocenters. The lowest BCUT2D eigenvalue weighted by atomic mass is 9.99. The van der Waals surface area contributed by atoms with Crippen molar-refractivity contribution in [2.75, 3.05) is 33.0 Å². The van der Waals surface area contributed by atoms with Crippen LogP contribution >= 0.6 is 0 Å². The largest absolute Gasteiger partial charge is 0.394 e. The third-order valence-electron chi connectivity index (χ3n) is 3.09. The van der Waals surface area contributed by atoms with Gasteiger partial charge in [0.15, 0.2) is 0 Å². The second-order valence-corrected chi connectivity index (χ2v) is 5.05. The van der Waals surface area contributed by atoms with Gasteiger partial charge in [0.1, 0.15) is 0 Å². The highest BCUT2D eigenvalue weighted by Crippen LogP contribution is 2.15. The van der Waals surface area contributed by atoms with Crippen LogP contribution in [0.4, 0.5) is 0 Å². The van der Waals surface area contributed by atoms with E-state index in [1.807, 2.05) is 6.92 Å². The SMILES string of the molecule is CC(N)(CO)CCCOCC1CCOCC1. The number of hydrogen-bond acceptors (Lipinski definition) is 4. The zero-order valence-electron chi connectivity index (χ0n) is 10.3. The molecular weight excluding hydrogens is 206 g/mol. The summed E-state index contributed by atoms with van der Waals surface area (Å²) >= 11 is 0. The Morgan fingerprint density at radius 3 is 2.75 bits per heavy atom. The Bertz CT molecular complexity index is 179. The first kappa shape index (κ1) is 13.9. The van der Waals surface area contributed by atoms with E-state index >= 15 is 0 Å². The zero-order valence-corrected chi connectivity index (χ0v) is 10.3. The Morgan fingerprint density at radius 1 is 1.44 bits per heavy atom. The van der Waals surface area contributed by atoms with Gasteiger partial charge in [0.2, 0.25) is 0 Å². The molecule has 16 heavy (non-hydrogen) atoms. The molecule has 0 aliphatic carbocycles. The molecular formula is C12H25NO3. The van der Waals surface area contributed by atoms with Gasteiger partial charge in [-0.05, 0) is 38.5 Å². The van der Waals surface area contributed by atoms with Crippen molar-refractivity contribution in [1.82, 2.24) is 0 Å². The molecule has 0 radical (unpaired) electrons. The zero-order chi connectivity index (χ0) is 11.9. The summed E-state index contributed by atoms with van der Waals surface area (Å²) < 4.78 is 10.9. The van der Waals surface area contributed by atoms with Gasteiger partial charge in [0.25, 0.3) is 0 Å². The molecule has 96 valence electrons. The summed E-state index contributed by atoms with van der Waals surface area (Å²) in [5.74, 6) is 0.663. The van der Waals surface area contributed by atoms with E-state index in [1.54, 1.807) is 0 Å². The van der Waals surface area contributed by atoms with Crippen LogP contribution in [0.1, 0.15) is 32.6 Å². The lowest BCUT2D eigenvalue weighted by Crippen LogP contribution is -2.40. The number of aliphatic hydroxyl groups excluding tert-OH is 1. The third kappa shape index (κ3) is 5.80. The van der Waals surface area contributed by atoms with Crippen LogP contribution in [0.3, 0.4) is 0 Å². The van der Waals surface area contributed by atoms with Crippen LogP contribution in [0.5, 0.6) is 0 Å². The first-order valence-corrected chi connectivity index (χ1v) is 6.19. The van der Waals surface area contributed by atoms with Crippen LogP contribution in [0.2, 0.25) is 0 Å². The van der Waals surface area contributed by atoms with Crippen LogP contribution < -0.4 is 5.73 Å². The predicted octanol–water partition coefficient (Wildman–Crippen LogP) is 0.919. The summed E-state index contributed by atoms with van der Waals surface area (Å²) in [7, 11) is 0. The van der Waals surface area contributed by atoms with Crippen molar-refractivity contribution in [2.24, 2.45) is 11.7 Å². The Morgan fingerprint density at radius 2 is 2.12 bits per heavy atom. The molecule has 3 N–H and O–H groups in total. The number of hydrogen-bond donors (Lipinski definition) is 2. The van der Waals surface area contributed by atoms with Crippen LogP contribution in [0.25, 0.3) is 0 Å². The molecule has 1 rings (SSSR count). The fourth-order valence-corrected chi connectivity index (χ4v) is 1.82. The Hall–Kier alpha value is -0.160. The molecule has 0 spiro atoms. The van der Waals surface area contributed by atoms with E-state index in [2.05, 4.69) is 0 Å². The number of ether oxygens (including phenoxy) is 2. The predicted molar refractivity (Wildman–Crippen MR) is 63.3 cm³/mol. The van der Waals surface area contributed by atoms with E-state index in [0.29, 0.717) is 5.92 Å². The van der Waals surface area contributed by atoms with Gasteiger partial charge in [-0.2, -0.15) is 0 Å². The maximum absolute atomic E-state index is 8.97. The highest BCUT2D eigenvalue weighted by atomic mass is 16.5. The fourth-order valence-electron chi connectivity index (χ4n) is 1.82. The molecule has 0 saturated carbocycles. The van der Waals surface area contributed by atoms with Crippen molar-refractivity contribution in [2.45, 2.75) is 38.1 Å². The van der Waals surface area contributed by atoms with Crippen LogP contribution in [0, 0.1) is 5.92 Å². The topological polar surface area (TPSA) is 64.7 Å². The maximum Gasteiger partial charge on any atom is 0.0608 e. The minimum Gasteiger partial charge on any atom is -0.394 e. The van der Waals surface area contributed by atoms with Gasteiger partial charge in [-0.1, -0.05) is 0 Å². The quantitative estimate of drug-likeness (QED) is 0.639. The maximum atomic E-state index is 8.97. The van der Waals surface area contributed by atoms with E-state index in [0.717, 1.165) is 52.1 Å². The molecule has 1 aliphatic rings. The summed E-state index contributed by atoms with van der Waals surface area (Å²) in [5, 5.41) is 8.97. The van der Waals surface area contributed by atoms with Crippen LogP contribution in [-0.2, 0) is 9.47 Å². The monoisotopic (exact) mass is 231 g/mol. The summed E-state index contributed by atoms with van der Waals surface area (Å²) in [4.78, 5) is 0. The van der Waals surface area contributed by atoms with Crippen LogP contribution in [0.15, 0.2) is 0 Å². The highest BCUT2D eigenvalue weighted by molar-refractivity contribution is 4.76. The second-order valence-electron chi connectivity index (χ2n) is 5.05. The van der Waals surface area contributed by atoms with Crippen LogP contribution in [-0.4, -0.2) is 43.7 Å². The first-order valence-electron chi connectivity index (χ1n) is 6.19. The van der Waals surface area contributed by atoms with Gasteiger partial charge < -0.3 is 20.3 Å².